The van der Waals surface area contributed by atoms with Crippen molar-refractivity contribution in [1.29, 1.82) is 5.26 Å². The predicted octanol–water partition coefficient (Wildman–Crippen LogP) is 5.74. The molecule has 176 valence electrons. The van der Waals surface area contributed by atoms with Crippen LogP contribution in [0.5, 0.6) is 5.75 Å². The predicted molar refractivity (Wildman–Crippen MR) is 139 cm³/mol. The zero-order chi connectivity index (χ0) is 24.5. The molecule has 0 aliphatic carbocycles. The molecule has 0 spiro atoms. The maximum absolute atomic E-state index is 10.1. The van der Waals surface area contributed by atoms with E-state index in [4.69, 9.17) is 15.0 Å². The van der Waals surface area contributed by atoms with Crippen molar-refractivity contribution in [3.8, 4) is 34.1 Å². The van der Waals surface area contributed by atoms with Crippen LogP contribution in [0.2, 0.25) is 0 Å². The van der Waals surface area contributed by atoms with Crippen LogP contribution in [0.3, 0.4) is 0 Å². The van der Waals surface area contributed by atoms with Gasteiger partial charge in [0.1, 0.15) is 5.75 Å². The van der Waals surface area contributed by atoms with Crippen LogP contribution >= 0.6 is 0 Å². The first-order valence-electron chi connectivity index (χ1n) is 11.8. The van der Waals surface area contributed by atoms with E-state index in [1.54, 1.807) is 7.11 Å². The first-order valence-corrected chi connectivity index (χ1v) is 11.8. The number of rotatable bonds is 4. The average molecular weight is 465 g/mol. The molecular weight excluding hydrogens is 436 g/mol. The second-order valence-corrected chi connectivity index (χ2v) is 9.13. The lowest BCUT2D eigenvalue weighted by Crippen LogP contribution is -2.55. The number of hydroxylamine groups is 2. The summed E-state index contributed by atoms with van der Waals surface area (Å²) in [6, 6.07) is 24.4. The zero-order valence-corrected chi connectivity index (χ0v) is 20.1. The number of ether oxygens (including phenoxy) is 1. The molecule has 5 rings (SSSR count). The highest BCUT2D eigenvalue weighted by Gasteiger charge is 2.28. The van der Waals surface area contributed by atoms with Crippen molar-refractivity contribution in [2.24, 2.45) is 0 Å². The van der Waals surface area contributed by atoms with E-state index >= 15 is 0 Å². The van der Waals surface area contributed by atoms with Gasteiger partial charge in [0.25, 0.3) is 0 Å². The highest BCUT2D eigenvalue weighted by atomic mass is 16.5. The van der Waals surface area contributed by atoms with Crippen LogP contribution in [0.1, 0.15) is 19.4 Å². The molecule has 35 heavy (non-hydrogen) atoms. The first-order chi connectivity index (χ1) is 17.0. The van der Waals surface area contributed by atoms with Gasteiger partial charge in [-0.05, 0) is 55.3 Å². The summed E-state index contributed by atoms with van der Waals surface area (Å²) in [4.78, 5) is 7.15. The average Bonchev–Trinajstić information content (AvgIpc) is 2.90. The zero-order valence-electron chi connectivity index (χ0n) is 20.1. The smallest absolute Gasteiger partial charge is 0.137 e. The molecule has 1 aromatic heterocycles. The van der Waals surface area contributed by atoms with Crippen LogP contribution in [-0.4, -0.2) is 47.5 Å². The van der Waals surface area contributed by atoms with E-state index in [2.05, 4.69) is 35.2 Å². The van der Waals surface area contributed by atoms with Crippen molar-refractivity contribution >= 4 is 16.6 Å². The number of piperazine rings is 1. The SMILES string of the molecule is COc1c(-c2ccc(N3C[C@@H](C)N(O)[C@@H](C)C3)cc2)cnc2c(-c3ccc(C#N)cc3)cccc12. The summed E-state index contributed by atoms with van der Waals surface area (Å²) in [6.07, 6.45) is 1.87. The molecule has 0 radical (unpaired) electrons. The second-order valence-electron chi connectivity index (χ2n) is 9.13. The number of fused-ring (bicyclic) bond motifs is 1. The molecule has 0 bridgehead atoms. The van der Waals surface area contributed by atoms with Gasteiger partial charge in [-0.25, -0.2) is 0 Å². The number of benzene rings is 3. The highest BCUT2D eigenvalue weighted by molar-refractivity contribution is 6.00. The lowest BCUT2D eigenvalue weighted by molar-refractivity contribution is -0.156. The maximum atomic E-state index is 10.1. The van der Waals surface area contributed by atoms with E-state index in [1.807, 2.05) is 62.5 Å². The van der Waals surface area contributed by atoms with Gasteiger partial charge in [0.2, 0.25) is 0 Å². The Morgan fingerprint density at radius 1 is 0.914 bits per heavy atom. The summed E-state index contributed by atoms with van der Waals surface area (Å²) in [7, 11) is 1.69. The number of para-hydroxylation sites is 1. The molecule has 1 aliphatic heterocycles. The van der Waals surface area contributed by atoms with Crippen LogP contribution < -0.4 is 9.64 Å². The summed E-state index contributed by atoms with van der Waals surface area (Å²) in [5, 5.41) is 21.6. The van der Waals surface area contributed by atoms with Gasteiger partial charge < -0.3 is 14.8 Å². The Labute approximate surface area is 205 Å². The van der Waals surface area contributed by atoms with Gasteiger partial charge in [-0.15, -0.1) is 0 Å². The third-order valence-corrected chi connectivity index (χ3v) is 6.79. The standard InChI is InChI=1S/C29H28N4O2/c1-19-17-32(18-20(2)33(19)34)24-13-11-23(12-14-24)27-16-31-28-25(5-4-6-26(28)29(27)35-3)22-9-7-21(15-30)8-10-22/h4-14,16,19-20,34H,17-18H2,1-3H3/t19-,20+. The fraction of sp³-hybridized carbons (Fsp3) is 0.241. The van der Waals surface area contributed by atoms with Crippen LogP contribution in [0.4, 0.5) is 5.69 Å². The molecule has 0 amide bonds. The lowest BCUT2D eigenvalue weighted by atomic mass is 9.98. The normalized spacial score (nSPS) is 18.4. The molecule has 4 aromatic rings. The molecule has 2 heterocycles. The number of nitrogens with zero attached hydrogens (tertiary/aromatic N) is 4. The van der Waals surface area contributed by atoms with Gasteiger partial charge in [-0.2, -0.15) is 10.3 Å². The number of hydrogen-bond donors (Lipinski definition) is 1. The molecule has 6 heteroatoms. The Bertz CT molecular complexity index is 1380. The second kappa shape index (κ2) is 9.38. The van der Waals surface area contributed by atoms with Crippen LogP contribution in [0.15, 0.2) is 72.9 Å². The van der Waals surface area contributed by atoms with Gasteiger partial charge >= 0.3 is 0 Å². The summed E-state index contributed by atoms with van der Waals surface area (Å²) >= 11 is 0. The number of hydrogen-bond acceptors (Lipinski definition) is 6. The molecule has 0 unspecified atom stereocenters. The van der Waals surface area contributed by atoms with E-state index < -0.39 is 0 Å². The molecule has 1 N–H and O–H groups in total. The lowest BCUT2D eigenvalue weighted by Gasteiger charge is -2.41. The molecule has 1 saturated heterocycles. The molecular formula is C29H28N4O2. The molecule has 6 nitrogen and oxygen atoms in total. The Morgan fingerprint density at radius 3 is 2.17 bits per heavy atom. The van der Waals surface area contributed by atoms with E-state index in [9.17, 15) is 5.21 Å². The third-order valence-electron chi connectivity index (χ3n) is 6.79. The minimum atomic E-state index is 0.0773. The minimum absolute atomic E-state index is 0.0773. The van der Waals surface area contributed by atoms with Crippen LogP contribution in [0.25, 0.3) is 33.2 Å². The fourth-order valence-corrected chi connectivity index (χ4v) is 4.96. The van der Waals surface area contributed by atoms with Gasteiger partial charge in [0.05, 0.1) is 36.3 Å². The number of pyridine rings is 1. The summed E-state index contributed by atoms with van der Waals surface area (Å²) < 4.78 is 5.90. The largest absolute Gasteiger partial charge is 0.495 e. The van der Waals surface area contributed by atoms with E-state index in [-0.39, 0.29) is 12.1 Å². The topological polar surface area (TPSA) is 72.6 Å². The summed E-state index contributed by atoms with van der Waals surface area (Å²) in [5.74, 6) is 0.786. The quantitative estimate of drug-likeness (QED) is 0.415. The maximum Gasteiger partial charge on any atom is 0.137 e. The highest BCUT2D eigenvalue weighted by Crippen LogP contribution is 2.39. The molecule has 1 aliphatic rings. The number of aromatic nitrogens is 1. The van der Waals surface area contributed by atoms with E-state index in [0.29, 0.717) is 5.56 Å². The monoisotopic (exact) mass is 464 g/mol. The Hall–Kier alpha value is -3.92. The minimum Gasteiger partial charge on any atom is -0.495 e. The fourth-order valence-electron chi connectivity index (χ4n) is 4.96. The number of methoxy groups -OCH3 is 1. The Kier molecular flexibility index (Phi) is 6.12. The van der Waals surface area contributed by atoms with E-state index in [1.165, 1.54) is 5.06 Å². The van der Waals surface area contributed by atoms with Crippen molar-refractivity contribution < 1.29 is 9.94 Å². The van der Waals surface area contributed by atoms with Crippen molar-refractivity contribution in [1.82, 2.24) is 10.0 Å². The molecule has 2 atom stereocenters. The third kappa shape index (κ3) is 4.21. The first kappa shape index (κ1) is 22.9. The Balaban J connectivity index is 1.51. The molecule has 0 saturated carbocycles. The van der Waals surface area contributed by atoms with Crippen LogP contribution in [0, 0.1) is 11.3 Å². The van der Waals surface area contributed by atoms with Crippen molar-refractivity contribution in [2.45, 2.75) is 25.9 Å². The van der Waals surface area contributed by atoms with Crippen molar-refractivity contribution in [3.05, 3.63) is 78.5 Å². The van der Waals surface area contributed by atoms with Crippen LogP contribution in [-0.2, 0) is 0 Å². The van der Waals surface area contributed by atoms with Gasteiger partial charge in [0.15, 0.2) is 0 Å². The van der Waals surface area contributed by atoms with Crippen molar-refractivity contribution in [3.63, 3.8) is 0 Å². The van der Waals surface area contributed by atoms with Crippen molar-refractivity contribution in [2.75, 3.05) is 25.1 Å². The number of nitriles is 1. The summed E-state index contributed by atoms with van der Waals surface area (Å²) in [6.45, 7) is 5.63. The van der Waals surface area contributed by atoms with E-state index in [0.717, 1.165) is 57.7 Å². The summed E-state index contributed by atoms with van der Waals surface area (Å²) in [5.41, 5.74) is 6.60. The van der Waals surface area contributed by atoms with Gasteiger partial charge in [-0.3, -0.25) is 4.98 Å². The molecule has 1 fully saturated rings. The van der Waals surface area contributed by atoms with Gasteiger partial charge in [0, 0.05) is 41.5 Å². The number of anilines is 1. The molecule has 3 aromatic carbocycles. The van der Waals surface area contributed by atoms with Gasteiger partial charge in [-0.1, -0.05) is 36.4 Å². The Morgan fingerprint density at radius 2 is 1.54 bits per heavy atom.